The zero-order valence-electron chi connectivity index (χ0n) is 19.0. The summed E-state index contributed by atoms with van der Waals surface area (Å²) in [6.07, 6.45) is 3.78. The van der Waals surface area contributed by atoms with Crippen molar-refractivity contribution < 1.29 is 4.79 Å². The third kappa shape index (κ3) is 6.98. The molecule has 2 N–H and O–H groups in total. The van der Waals surface area contributed by atoms with Gasteiger partial charge in [-0.05, 0) is 32.6 Å². The fraction of sp³-hybridized carbons (Fsp3) is 0.773. The van der Waals surface area contributed by atoms with Crippen LogP contribution in [-0.2, 0) is 16.8 Å². The molecule has 1 amide bonds. The number of amides is 1. The van der Waals surface area contributed by atoms with Gasteiger partial charge in [0.1, 0.15) is 5.01 Å². The predicted molar refractivity (Wildman–Crippen MR) is 122 cm³/mol. The van der Waals surface area contributed by atoms with Crippen LogP contribution in [0, 0.1) is 5.92 Å². The molecule has 2 rings (SSSR count). The first-order valence-corrected chi connectivity index (χ1v) is 11.9. The average molecular weight is 422 g/mol. The molecule has 1 fully saturated rings. The molecule has 6 nitrogen and oxygen atoms in total. The van der Waals surface area contributed by atoms with Crippen molar-refractivity contribution in [3.8, 4) is 0 Å². The molecular formula is C22H39N5OS. The van der Waals surface area contributed by atoms with Crippen LogP contribution in [0.15, 0.2) is 10.4 Å². The molecule has 1 saturated heterocycles. The van der Waals surface area contributed by atoms with Crippen molar-refractivity contribution in [3.05, 3.63) is 16.1 Å². The van der Waals surface area contributed by atoms with Crippen LogP contribution in [0.3, 0.4) is 0 Å². The Kier molecular flexibility index (Phi) is 8.93. The first kappa shape index (κ1) is 23.6. The van der Waals surface area contributed by atoms with Crippen molar-refractivity contribution in [1.29, 1.82) is 0 Å². The summed E-state index contributed by atoms with van der Waals surface area (Å²) < 4.78 is 0. The van der Waals surface area contributed by atoms with Crippen LogP contribution in [0.1, 0.15) is 77.9 Å². The smallest absolute Gasteiger partial charge is 0.225 e. The minimum Gasteiger partial charge on any atom is -0.357 e. The van der Waals surface area contributed by atoms with Gasteiger partial charge in [-0.25, -0.2) is 9.98 Å². The first-order valence-electron chi connectivity index (χ1n) is 11.1. The number of nitrogens with zero attached hydrogens (tertiary/aromatic N) is 3. The summed E-state index contributed by atoms with van der Waals surface area (Å²) in [4.78, 5) is 24.1. The maximum atomic E-state index is 12.6. The van der Waals surface area contributed by atoms with Crippen LogP contribution in [0.5, 0.6) is 0 Å². The summed E-state index contributed by atoms with van der Waals surface area (Å²) in [5, 5.41) is 10.1. The number of rotatable bonds is 7. The first-order chi connectivity index (χ1) is 13.8. The monoisotopic (exact) mass is 421 g/mol. The topological polar surface area (TPSA) is 69.6 Å². The fourth-order valence-corrected chi connectivity index (χ4v) is 4.47. The van der Waals surface area contributed by atoms with Gasteiger partial charge in [0.05, 0.1) is 12.2 Å². The van der Waals surface area contributed by atoms with E-state index in [1.165, 1.54) is 0 Å². The van der Waals surface area contributed by atoms with Crippen molar-refractivity contribution in [1.82, 2.24) is 20.5 Å². The molecule has 0 aliphatic carbocycles. The normalized spacial score (nSPS) is 16.4. The minimum absolute atomic E-state index is 0.0706. The SMILES string of the molecule is CCNC(=NCc1nc(C(C)(C)C)cs1)NC1CCN(C(=O)C(CC)CC)CC1. The number of nitrogens with one attached hydrogen (secondary N) is 2. The third-order valence-corrected chi connectivity index (χ3v) is 6.35. The summed E-state index contributed by atoms with van der Waals surface area (Å²) in [7, 11) is 0. The lowest BCUT2D eigenvalue weighted by atomic mass is 9.93. The van der Waals surface area contributed by atoms with E-state index < -0.39 is 0 Å². The Bertz CT molecular complexity index is 667. The van der Waals surface area contributed by atoms with E-state index in [0.717, 1.165) is 62.0 Å². The number of aliphatic imine (C=N–C) groups is 1. The highest BCUT2D eigenvalue weighted by molar-refractivity contribution is 7.09. The highest BCUT2D eigenvalue weighted by Crippen LogP contribution is 2.24. The van der Waals surface area contributed by atoms with Gasteiger partial charge < -0.3 is 15.5 Å². The maximum absolute atomic E-state index is 12.6. The predicted octanol–water partition coefficient (Wildman–Crippen LogP) is 3.92. The number of piperidine rings is 1. The highest BCUT2D eigenvalue weighted by atomic mass is 32.1. The van der Waals surface area contributed by atoms with Crippen LogP contribution in [0.25, 0.3) is 0 Å². The quantitative estimate of drug-likeness (QED) is 0.517. The molecule has 1 aliphatic rings. The Hall–Kier alpha value is -1.63. The zero-order valence-corrected chi connectivity index (χ0v) is 19.9. The van der Waals surface area contributed by atoms with Crippen molar-refractivity contribution in [3.63, 3.8) is 0 Å². The molecule has 29 heavy (non-hydrogen) atoms. The molecule has 0 bridgehead atoms. The fourth-order valence-electron chi connectivity index (χ4n) is 3.53. The van der Waals surface area contributed by atoms with Gasteiger partial charge in [0.2, 0.25) is 5.91 Å². The molecule has 2 heterocycles. The van der Waals surface area contributed by atoms with Crippen molar-refractivity contribution >= 4 is 23.2 Å². The molecule has 0 radical (unpaired) electrons. The zero-order chi connectivity index (χ0) is 21.4. The largest absolute Gasteiger partial charge is 0.357 e. The number of carbonyl (C=O) groups is 1. The van der Waals surface area contributed by atoms with Crippen molar-refractivity contribution in [2.45, 2.75) is 85.2 Å². The summed E-state index contributed by atoms with van der Waals surface area (Å²) >= 11 is 1.68. The van der Waals surface area contributed by atoms with Gasteiger partial charge in [-0.3, -0.25) is 4.79 Å². The van der Waals surface area contributed by atoms with E-state index in [2.05, 4.69) is 57.6 Å². The molecular weight excluding hydrogens is 382 g/mol. The Morgan fingerprint density at radius 2 is 1.93 bits per heavy atom. The van der Waals surface area contributed by atoms with Gasteiger partial charge in [-0.2, -0.15) is 0 Å². The molecule has 7 heteroatoms. The average Bonchev–Trinajstić information content (AvgIpc) is 3.17. The lowest BCUT2D eigenvalue weighted by molar-refractivity contribution is -0.136. The molecule has 1 aromatic heterocycles. The van der Waals surface area contributed by atoms with Gasteiger partial charge in [-0.15, -0.1) is 11.3 Å². The third-order valence-electron chi connectivity index (χ3n) is 5.52. The molecule has 0 atom stereocenters. The lowest BCUT2D eigenvalue weighted by Crippen LogP contribution is -2.50. The Labute approximate surface area is 180 Å². The van der Waals surface area contributed by atoms with E-state index in [1.54, 1.807) is 11.3 Å². The molecule has 1 aromatic rings. The Morgan fingerprint density at radius 3 is 2.45 bits per heavy atom. The number of carbonyl (C=O) groups excluding carboxylic acids is 1. The van der Waals surface area contributed by atoms with Crippen molar-refractivity contribution in [2.75, 3.05) is 19.6 Å². The van der Waals surface area contributed by atoms with E-state index in [0.29, 0.717) is 18.5 Å². The van der Waals surface area contributed by atoms with Gasteiger partial charge in [-0.1, -0.05) is 34.6 Å². The number of likely N-dealkylation sites (tertiary alicyclic amines) is 1. The summed E-state index contributed by atoms with van der Waals surface area (Å²) in [5.41, 5.74) is 1.20. The van der Waals surface area contributed by atoms with Crippen LogP contribution in [0.2, 0.25) is 0 Å². The number of hydrogen-bond acceptors (Lipinski definition) is 4. The molecule has 0 spiro atoms. The van der Waals surface area contributed by atoms with E-state index >= 15 is 0 Å². The summed E-state index contributed by atoms with van der Waals surface area (Å²) in [6.45, 7) is 15.9. The second kappa shape index (κ2) is 11.0. The second-order valence-electron chi connectivity index (χ2n) is 8.83. The number of guanidine groups is 1. The number of thiazole rings is 1. The standard InChI is InChI=1S/C22H39N5OS/c1-7-16(8-2)20(28)27-12-10-17(11-13-27)25-21(23-9-3)24-14-19-26-18(15-29-19)22(4,5)6/h15-17H,7-14H2,1-6H3,(H2,23,24,25). The lowest BCUT2D eigenvalue weighted by Gasteiger charge is -2.34. The molecule has 1 aliphatic heterocycles. The number of hydrogen-bond donors (Lipinski definition) is 2. The molecule has 0 unspecified atom stereocenters. The van der Waals surface area contributed by atoms with E-state index in [9.17, 15) is 4.79 Å². The van der Waals surface area contributed by atoms with Crippen LogP contribution >= 0.6 is 11.3 Å². The molecule has 164 valence electrons. The van der Waals surface area contributed by atoms with E-state index in [4.69, 9.17) is 9.98 Å². The second-order valence-corrected chi connectivity index (χ2v) is 9.77. The molecule has 0 saturated carbocycles. The minimum atomic E-state index is 0.0706. The van der Waals surface area contributed by atoms with Gasteiger partial charge in [0.25, 0.3) is 0 Å². The highest BCUT2D eigenvalue weighted by Gasteiger charge is 2.26. The summed E-state index contributed by atoms with van der Waals surface area (Å²) in [6, 6.07) is 0.347. The van der Waals surface area contributed by atoms with E-state index in [1.807, 2.05) is 4.90 Å². The Morgan fingerprint density at radius 1 is 1.28 bits per heavy atom. The van der Waals surface area contributed by atoms with Crippen LogP contribution in [-0.4, -0.2) is 47.4 Å². The van der Waals surface area contributed by atoms with Gasteiger partial charge in [0, 0.05) is 42.4 Å². The number of aromatic nitrogens is 1. The summed E-state index contributed by atoms with van der Waals surface area (Å²) in [5.74, 6) is 1.34. The van der Waals surface area contributed by atoms with Crippen molar-refractivity contribution in [2.24, 2.45) is 10.9 Å². The molecule has 0 aromatic carbocycles. The maximum Gasteiger partial charge on any atom is 0.225 e. The van der Waals surface area contributed by atoms with Crippen LogP contribution < -0.4 is 10.6 Å². The van der Waals surface area contributed by atoms with E-state index in [-0.39, 0.29) is 11.3 Å². The van der Waals surface area contributed by atoms with Crippen LogP contribution in [0.4, 0.5) is 0 Å². The van der Waals surface area contributed by atoms with Gasteiger partial charge in [0.15, 0.2) is 5.96 Å². The Balaban J connectivity index is 1.90. The van der Waals surface area contributed by atoms with Gasteiger partial charge >= 0.3 is 0 Å².